The summed E-state index contributed by atoms with van der Waals surface area (Å²) < 4.78 is 60.5. The fourth-order valence-electron chi connectivity index (χ4n) is 6.86. The molecule has 4 aromatic rings. The van der Waals surface area contributed by atoms with Gasteiger partial charge in [0.1, 0.15) is 16.2 Å². The summed E-state index contributed by atoms with van der Waals surface area (Å²) in [7, 11) is -3.91. The van der Waals surface area contributed by atoms with Crippen molar-refractivity contribution >= 4 is 32.8 Å². The minimum Gasteiger partial charge on any atom is -0.481 e. The molecule has 1 saturated carbocycles. The predicted molar refractivity (Wildman–Crippen MR) is 163 cm³/mol. The van der Waals surface area contributed by atoms with Crippen LogP contribution in [0.2, 0.25) is 0 Å². The lowest BCUT2D eigenvalue weighted by Gasteiger charge is -2.26. The Bertz CT molecular complexity index is 1890. The van der Waals surface area contributed by atoms with Crippen molar-refractivity contribution < 1.29 is 27.1 Å². The zero-order chi connectivity index (χ0) is 31.5. The number of aliphatic carboxylic acids is 1. The Labute approximate surface area is 259 Å². The number of hydrogen-bond acceptors (Lipinski definition) is 7. The van der Waals surface area contributed by atoms with Crippen LogP contribution in [0.25, 0.3) is 11.0 Å². The highest BCUT2D eigenvalue weighted by Crippen LogP contribution is 2.41. The number of rotatable bonds is 9. The minimum absolute atomic E-state index is 0.0205. The molecular formula is C32H34F2N6O4S. The van der Waals surface area contributed by atoms with Crippen molar-refractivity contribution in [2.75, 3.05) is 18.0 Å². The third-order valence-electron chi connectivity index (χ3n) is 9.42. The second kappa shape index (κ2) is 11.4. The van der Waals surface area contributed by atoms with Gasteiger partial charge in [0.25, 0.3) is 6.43 Å². The topological polar surface area (TPSA) is 122 Å². The number of anilines is 1. The van der Waals surface area contributed by atoms with E-state index in [9.17, 15) is 27.1 Å². The molecule has 45 heavy (non-hydrogen) atoms. The number of fused-ring (bicyclic) bond motifs is 4. The van der Waals surface area contributed by atoms with E-state index in [-0.39, 0.29) is 40.7 Å². The van der Waals surface area contributed by atoms with E-state index in [1.54, 1.807) is 53.3 Å². The van der Waals surface area contributed by atoms with Crippen LogP contribution in [-0.4, -0.2) is 62.9 Å². The third kappa shape index (κ3) is 5.45. The second-order valence-corrected chi connectivity index (χ2v) is 14.3. The van der Waals surface area contributed by atoms with Gasteiger partial charge in [-0.15, -0.1) is 5.10 Å². The number of aryl methyl sites for hydroxylation is 1. The van der Waals surface area contributed by atoms with Gasteiger partial charge in [0.2, 0.25) is 10.0 Å². The molecule has 1 N–H and O–H groups in total. The highest BCUT2D eigenvalue weighted by atomic mass is 32.2. The highest BCUT2D eigenvalue weighted by molar-refractivity contribution is 7.89. The van der Waals surface area contributed by atoms with Crippen molar-refractivity contribution in [2.45, 2.75) is 75.4 Å². The van der Waals surface area contributed by atoms with Crippen molar-refractivity contribution in [2.24, 2.45) is 5.92 Å². The average Bonchev–Trinajstić information content (AvgIpc) is 3.58. The molecule has 3 aliphatic rings. The number of halogens is 2. The first-order valence-corrected chi connectivity index (χ1v) is 16.7. The van der Waals surface area contributed by atoms with Crippen LogP contribution in [0.1, 0.15) is 72.3 Å². The first kappa shape index (κ1) is 29.7. The summed E-state index contributed by atoms with van der Waals surface area (Å²) in [5, 5.41) is 18.2. The summed E-state index contributed by atoms with van der Waals surface area (Å²) in [6, 6.07) is 11.8. The number of pyridine rings is 1. The number of nitrogens with zero attached hydrogens (tertiary/aromatic N) is 6. The molecule has 2 atom stereocenters. The number of benzene rings is 2. The lowest BCUT2D eigenvalue weighted by molar-refractivity contribution is -0.137. The van der Waals surface area contributed by atoms with Gasteiger partial charge in [0, 0.05) is 44.3 Å². The van der Waals surface area contributed by atoms with Gasteiger partial charge in [0.05, 0.1) is 17.5 Å². The molecule has 1 aliphatic carbocycles. The van der Waals surface area contributed by atoms with Crippen LogP contribution in [0.4, 0.5) is 14.6 Å². The molecule has 1 saturated heterocycles. The van der Waals surface area contributed by atoms with Gasteiger partial charge in [-0.1, -0.05) is 29.5 Å². The standard InChI is InChI=1S/C32H34F2N6O4S/c1-19-6-9-21(14-22(19)17-38-18-23-4-3-13-39(23)32-27(45(38,43)44)5-2-12-35-32)25(15-28(41)42)24-10-11-26-30(29(24)31(33)34)36-37-40(26)16-20-7-8-20/h2,5-6,9-12,14,20,23,25,31H,3-4,7-8,13,15-18H2,1H3,(H,41,42)/t23-,25-/m1/s1. The molecule has 13 heteroatoms. The van der Waals surface area contributed by atoms with Crippen molar-refractivity contribution in [1.82, 2.24) is 24.3 Å². The number of hydrogen-bond donors (Lipinski definition) is 1. The lowest BCUT2D eigenvalue weighted by Crippen LogP contribution is -2.39. The smallest absolute Gasteiger partial charge is 0.304 e. The quantitative estimate of drug-likeness (QED) is 0.264. The molecule has 236 valence electrons. The zero-order valence-electron chi connectivity index (χ0n) is 24.8. The van der Waals surface area contributed by atoms with Gasteiger partial charge in [-0.3, -0.25) is 4.79 Å². The monoisotopic (exact) mass is 636 g/mol. The Morgan fingerprint density at radius 2 is 1.96 bits per heavy atom. The minimum atomic E-state index is -3.91. The summed E-state index contributed by atoms with van der Waals surface area (Å²) in [5.41, 5.74) is 2.45. The maximum Gasteiger partial charge on any atom is 0.304 e. The van der Waals surface area contributed by atoms with Gasteiger partial charge < -0.3 is 10.0 Å². The largest absolute Gasteiger partial charge is 0.481 e. The summed E-state index contributed by atoms with van der Waals surface area (Å²) >= 11 is 0. The molecule has 2 aliphatic heterocycles. The predicted octanol–water partition coefficient (Wildman–Crippen LogP) is 5.26. The highest BCUT2D eigenvalue weighted by Gasteiger charge is 2.40. The van der Waals surface area contributed by atoms with Crippen LogP contribution in [0.5, 0.6) is 0 Å². The SMILES string of the molecule is Cc1ccc([C@@H](CC(=O)O)c2ccc3c(nnn3CC3CC3)c2C(F)F)cc1CN1C[C@H]2CCCN2c2ncccc2S1(=O)=O. The fraction of sp³-hybridized carbons (Fsp3) is 0.438. The molecule has 2 fully saturated rings. The van der Waals surface area contributed by atoms with Crippen LogP contribution in [-0.2, 0) is 27.9 Å². The molecule has 10 nitrogen and oxygen atoms in total. The Morgan fingerprint density at radius 1 is 1.13 bits per heavy atom. The van der Waals surface area contributed by atoms with Crippen molar-refractivity contribution in [3.8, 4) is 0 Å². The number of carbonyl (C=O) groups is 1. The molecule has 7 rings (SSSR count). The van der Waals surface area contributed by atoms with Crippen molar-refractivity contribution in [3.63, 3.8) is 0 Å². The first-order chi connectivity index (χ1) is 21.6. The van der Waals surface area contributed by atoms with Gasteiger partial charge in [-0.2, -0.15) is 4.31 Å². The summed E-state index contributed by atoms with van der Waals surface area (Å²) in [5.74, 6) is -1.12. The Morgan fingerprint density at radius 3 is 2.71 bits per heavy atom. The van der Waals surface area contributed by atoms with E-state index >= 15 is 0 Å². The normalized spacial score (nSPS) is 20.3. The second-order valence-electron chi connectivity index (χ2n) is 12.4. The molecule has 0 radical (unpaired) electrons. The van der Waals surface area contributed by atoms with E-state index in [0.717, 1.165) is 37.8 Å². The number of alkyl halides is 2. The summed E-state index contributed by atoms with van der Waals surface area (Å²) in [6.07, 6.45) is 2.19. The van der Waals surface area contributed by atoms with E-state index in [4.69, 9.17) is 0 Å². The Balaban J connectivity index is 1.28. The molecule has 0 spiro atoms. The number of carboxylic acids is 1. The van der Waals surface area contributed by atoms with Crippen molar-refractivity contribution in [1.29, 1.82) is 0 Å². The van der Waals surface area contributed by atoms with E-state index in [1.165, 1.54) is 4.31 Å². The van der Waals surface area contributed by atoms with Crippen LogP contribution >= 0.6 is 0 Å². The summed E-state index contributed by atoms with van der Waals surface area (Å²) in [4.78, 5) is 18.8. The Hall–Kier alpha value is -3.97. The number of aromatic nitrogens is 4. The molecule has 0 bridgehead atoms. The maximum absolute atomic E-state index is 14.8. The van der Waals surface area contributed by atoms with Gasteiger partial charge in [-0.05, 0) is 79.0 Å². The number of sulfonamides is 1. The van der Waals surface area contributed by atoms with Gasteiger partial charge in [0.15, 0.2) is 0 Å². The zero-order valence-corrected chi connectivity index (χ0v) is 25.6. The molecule has 2 aromatic carbocycles. The third-order valence-corrected chi connectivity index (χ3v) is 11.2. The van der Waals surface area contributed by atoms with E-state index < -0.39 is 34.8 Å². The molecule has 0 unspecified atom stereocenters. The van der Waals surface area contributed by atoms with Crippen LogP contribution in [0, 0.1) is 12.8 Å². The molecular weight excluding hydrogens is 602 g/mol. The van der Waals surface area contributed by atoms with Crippen LogP contribution in [0.3, 0.4) is 0 Å². The average molecular weight is 637 g/mol. The maximum atomic E-state index is 14.8. The summed E-state index contributed by atoms with van der Waals surface area (Å²) in [6.45, 7) is 3.54. The lowest BCUT2D eigenvalue weighted by atomic mass is 9.84. The van der Waals surface area contributed by atoms with Crippen LogP contribution in [0.15, 0.2) is 53.6 Å². The van der Waals surface area contributed by atoms with Gasteiger partial charge in [-0.25, -0.2) is 26.9 Å². The molecule has 4 heterocycles. The van der Waals surface area contributed by atoms with E-state index in [0.29, 0.717) is 34.9 Å². The molecule has 2 aromatic heterocycles. The van der Waals surface area contributed by atoms with E-state index in [2.05, 4.69) is 20.2 Å². The fourth-order valence-corrected chi connectivity index (χ4v) is 8.47. The van der Waals surface area contributed by atoms with Gasteiger partial charge >= 0.3 is 5.97 Å². The van der Waals surface area contributed by atoms with Crippen molar-refractivity contribution in [3.05, 3.63) is 76.5 Å². The molecule has 0 amide bonds. The number of carboxylic acid groups (broad SMARTS) is 1. The van der Waals surface area contributed by atoms with E-state index in [1.807, 2.05) is 6.92 Å². The Kier molecular flexibility index (Phi) is 7.55. The van der Waals surface area contributed by atoms with Crippen LogP contribution < -0.4 is 4.90 Å². The first-order valence-electron chi connectivity index (χ1n) is 15.3.